The molecule has 0 amide bonds. The molecule has 1 saturated heterocycles. The Hall–Kier alpha value is -1.20. The fourth-order valence-electron chi connectivity index (χ4n) is 3.01. The molecule has 0 spiro atoms. The number of likely N-dealkylation sites (N-methyl/N-ethyl adjacent to an activating group) is 1. The summed E-state index contributed by atoms with van der Waals surface area (Å²) in [6, 6.07) is 2.81. The van der Waals surface area contributed by atoms with E-state index in [1.807, 2.05) is 0 Å². The van der Waals surface area contributed by atoms with Gasteiger partial charge in [0, 0.05) is 43.8 Å². The van der Waals surface area contributed by atoms with Crippen molar-refractivity contribution in [3.63, 3.8) is 0 Å². The van der Waals surface area contributed by atoms with Crippen molar-refractivity contribution in [1.29, 1.82) is 0 Å². The summed E-state index contributed by atoms with van der Waals surface area (Å²) in [5.74, 6) is 0.712. The minimum absolute atomic E-state index is 0.243. The summed E-state index contributed by atoms with van der Waals surface area (Å²) in [5.41, 5.74) is 0.987. The van der Waals surface area contributed by atoms with E-state index in [4.69, 9.17) is 0 Å². The Morgan fingerprint density at radius 1 is 1.38 bits per heavy atom. The first-order valence-corrected chi connectivity index (χ1v) is 8.00. The predicted molar refractivity (Wildman–Crippen MR) is 83.0 cm³/mol. The number of halogens is 1. The Morgan fingerprint density at radius 3 is 2.90 bits per heavy atom. The third kappa shape index (κ3) is 3.52. The van der Waals surface area contributed by atoms with Crippen LogP contribution in [-0.4, -0.2) is 48.6 Å². The topological polar surface area (TPSA) is 31.4 Å². The Bertz CT molecular complexity index is 489. The van der Waals surface area contributed by atoms with E-state index in [1.165, 1.54) is 19.0 Å². The van der Waals surface area contributed by atoms with Gasteiger partial charge in [-0.1, -0.05) is 6.92 Å². The molecule has 5 heteroatoms. The van der Waals surface area contributed by atoms with E-state index in [9.17, 15) is 4.39 Å². The number of anilines is 1. The number of nitrogens with one attached hydrogen (secondary N) is 1. The van der Waals surface area contributed by atoms with Crippen LogP contribution in [0.4, 0.5) is 10.2 Å². The Balaban J connectivity index is 1.76. The molecule has 116 valence electrons. The van der Waals surface area contributed by atoms with Crippen LogP contribution in [0, 0.1) is 5.82 Å². The normalized spacial score (nSPS) is 23.6. The average Bonchev–Trinajstić information content (AvgIpc) is 3.30. The molecule has 0 radical (unpaired) electrons. The summed E-state index contributed by atoms with van der Waals surface area (Å²) in [7, 11) is 2.18. The summed E-state index contributed by atoms with van der Waals surface area (Å²) in [4.78, 5) is 9.11. The van der Waals surface area contributed by atoms with Crippen LogP contribution in [0.25, 0.3) is 0 Å². The molecular weight excluding hydrogens is 267 g/mol. The summed E-state index contributed by atoms with van der Waals surface area (Å²) in [6.07, 6.45) is 4.95. The zero-order valence-electron chi connectivity index (χ0n) is 13.0. The predicted octanol–water partition coefficient (Wildman–Crippen LogP) is 2.00. The molecule has 2 heterocycles. The van der Waals surface area contributed by atoms with Gasteiger partial charge in [0.2, 0.25) is 0 Å². The zero-order chi connectivity index (χ0) is 14.8. The molecule has 0 bridgehead atoms. The average molecular weight is 292 g/mol. The van der Waals surface area contributed by atoms with Crippen LogP contribution >= 0.6 is 0 Å². The lowest BCUT2D eigenvalue weighted by molar-refractivity contribution is 0.212. The molecule has 1 aromatic rings. The highest BCUT2D eigenvalue weighted by molar-refractivity contribution is 5.47. The molecule has 1 aliphatic heterocycles. The number of nitrogens with zero attached hydrogens (tertiary/aromatic N) is 3. The molecule has 4 nitrogen and oxygen atoms in total. The van der Waals surface area contributed by atoms with Crippen LogP contribution in [0.5, 0.6) is 0 Å². The Labute approximate surface area is 126 Å². The van der Waals surface area contributed by atoms with Crippen molar-refractivity contribution >= 4 is 5.82 Å². The van der Waals surface area contributed by atoms with E-state index in [-0.39, 0.29) is 5.82 Å². The minimum atomic E-state index is -0.243. The molecule has 2 aliphatic rings. The van der Waals surface area contributed by atoms with Crippen molar-refractivity contribution in [3.05, 3.63) is 23.6 Å². The number of hydrogen-bond acceptors (Lipinski definition) is 4. The van der Waals surface area contributed by atoms with Crippen molar-refractivity contribution in [2.45, 2.75) is 44.8 Å². The highest BCUT2D eigenvalue weighted by Crippen LogP contribution is 2.24. The number of aromatic nitrogens is 1. The van der Waals surface area contributed by atoms with Gasteiger partial charge in [-0.25, -0.2) is 9.37 Å². The second kappa shape index (κ2) is 6.28. The number of hydrogen-bond donors (Lipinski definition) is 1. The van der Waals surface area contributed by atoms with Gasteiger partial charge in [-0.15, -0.1) is 0 Å². The maximum Gasteiger partial charge on any atom is 0.141 e. The molecule has 3 rings (SSSR count). The Kier molecular flexibility index (Phi) is 4.40. The maximum absolute atomic E-state index is 13.5. The van der Waals surface area contributed by atoms with Crippen LogP contribution in [0.1, 0.15) is 31.7 Å². The van der Waals surface area contributed by atoms with E-state index in [0.29, 0.717) is 18.6 Å². The highest BCUT2D eigenvalue weighted by Gasteiger charge is 2.26. The summed E-state index contributed by atoms with van der Waals surface area (Å²) >= 11 is 0. The molecule has 1 unspecified atom stereocenters. The molecular formula is C16H25FN4. The standard InChI is InChI=1S/C16H25FN4/c1-3-15-11-21(7-6-20(15)2)16-12(8-13(17)10-19-16)9-18-14-4-5-14/h8,10,14-15,18H,3-7,9,11H2,1-2H3. The quantitative estimate of drug-likeness (QED) is 0.899. The molecule has 21 heavy (non-hydrogen) atoms. The van der Waals surface area contributed by atoms with Gasteiger partial charge >= 0.3 is 0 Å². The van der Waals surface area contributed by atoms with Crippen molar-refractivity contribution in [1.82, 2.24) is 15.2 Å². The highest BCUT2D eigenvalue weighted by atomic mass is 19.1. The zero-order valence-corrected chi connectivity index (χ0v) is 13.0. The van der Waals surface area contributed by atoms with E-state index in [0.717, 1.165) is 37.4 Å². The molecule has 1 N–H and O–H groups in total. The van der Waals surface area contributed by atoms with Gasteiger partial charge in [-0.05, 0) is 32.4 Å². The number of rotatable bonds is 5. The SMILES string of the molecule is CCC1CN(c2ncc(F)cc2CNC2CC2)CCN1C. The maximum atomic E-state index is 13.5. The smallest absolute Gasteiger partial charge is 0.141 e. The fraction of sp³-hybridized carbons (Fsp3) is 0.688. The van der Waals surface area contributed by atoms with Crippen LogP contribution in [0.15, 0.2) is 12.3 Å². The molecule has 2 fully saturated rings. The minimum Gasteiger partial charge on any atom is -0.353 e. The van der Waals surface area contributed by atoms with Gasteiger partial charge in [0.05, 0.1) is 6.20 Å². The van der Waals surface area contributed by atoms with Gasteiger partial charge in [-0.2, -0.15) is 0 Å². The first kappa shape index (κ1) is 14.7. The van der Waals surface area contributed by atoms with Crippen LogP contribution in [0.3, 0.4) is 0 Å². The fourth-order valence-corrected chi connectivity index (χ4v) is 3.01. The number of piperazine rings is 1. The summed E-state index contributed by atoms with van der Waals surface area (Å²) < 4.78 is 13.5. The molecule has 1 aliphatic carbocycles. The Morgan fingerprint density at radius 2 is 2.19 bits per heavy atom. The third-order valence-electron chi connectivity index (χ3n) is 4.62. The first-order chi connectivity index (χ1) is 10.2. The molecule has 0 aromatic carbocycles. The van der Waals surface area contributed by atoms with Crippen molar-refractivity contribution in [2.24, 2.45) is 0 Å². The van der Waals surface area contributed by atoms with Crippen molar-refractivity contribution in [3.8, 4) is 0 Å². The summed E-state index contributed by atoms with van der Waals surface area (Å²) in [5, 5.41) is 3.47. The molecule has 1 saturated carbocycles. The molecule has 1 aromatic heterocycles. The van der Waals surface area contributed by atoms with E-state index < -0.39 is 0 Å². The van der Waals surface area contributed by atoms with Gasteiger partial charge in [0.1, 0.15) is 11.6 Å². The monoisotopic (exact) mass is 292 g/mol. The van der Waals surface area contributed by atoms with Crippen LogP contribution in [0.2, 0.25) is 0 Å². The van der Waals surface area contributed by atoms with E-state index >= 15 is 0 Å². The van der Waals surface area contributed by atoms with E-state index in [1.54, 1.807) is 6.07 Å². The van der Waals surface area contributed by atoms with Crippen LogP contribution < -0.4 is 10.2 Å². The van der Waals surface area contributed by atoms with Crippen molar-refractivity contribution in [2.75, 3.05) is 31.6 Å². The second-order valence-electron chi connectivity index (χ2n) is 6.28. The van der Waals surface area contributed by atoms with Gasteiger partial charge in [-0.3, -0.25) is 4.90 Å². The van der Waals surface area contributed by atoms with Crippen LogP contribution in [-0.2, 0) is 6.54 Å². The van der Waals surface area contributed by atoms with Gasteiger partial charge < -0.3 is 10.2 Å². The third-order valence-corrected chi connectivity index (χ3v) is 4.62. The second-order valence-corrected chi connectivity index (χ2v) is 6.28. The lowest BCUT2D eigenvalue weighted by atomic mass is 10.1. The lowest BCUT2D eigenvalue weighted by Gasteiger charge is -2.40. The molecule has 1 atom stereocenters. The first-order valence-electron chi connectivity index (χ1n) is 8.00. The van der Waals surface area contributed by atoms with Gasteiger partial charge in [0.25, 0.3) is 0 Å². The number of pyridine rings is 1. The largest absolute Gasteiger partial charge is 0.353 e. The summed E-state index contributed by atoms with van der Waals surface area (Å²) in [6.45, 7) is 5.91. The van der Waals surface area contributed by atoms with Crippen molar-refractivity contribution < 1.29 is 4.39 Å². The lowest BCUT2D eigenvalue weighted by Crippen LogP contribution is -2.51. The van der Waals surface area contributed by atoms with E-state index in [2.05, 4.69) is 34.1 Å². The van der Waals surface area contributed by atoms with Gasteiger partial charge in [0.15, 0.2) is 0 Å².